The van der Waals surface area contributed by atoms with Crippen molar-refractivity contribution in [1.82, 2.24) is 19.2 Å². The van der Waals surface area contributed by atoms with Crippen molar-refractivity contribution in [3.8, 4) is 10.7 Å². The number of carbonyl (C=O) groups excluding carboxylic acids is 1. The Balaban J connectivity index is 1.44. The molecule has 2 unspecified atom stereocenters. The molecule has 2 aromatic heterocycles. The van der Waals surface area contributed by atoms with E-state index < -0.39 is 0 Å². The van der Waals surface area contributed by atoms with Crippen molar-refractivity contribution in [2.24, 2.45) is 0 Å². The normalized spacial score (nSPS) is 24.2. The lowest BCUT2D eigenvalue weighted by molar-refractivity contribution is 0.0861. The molecule has 0 aliphatic carbocycles. The molecule has 2 aliphatic heterocycles. The van der Waals surface area contributed by atoms with E-state index in [0.717, 1.165) is 18.0 Å². The van der Waals surface area contributed by atoms with Crippen LogP contribution in [0.15, 0.2) is 11.4 Å². The summed E-state index contributed by atoms with van der Waals surface area (Å²) in [6.07, 6.45) is 2.43. The van der Waals surface area contributed by atoms with Gasteiger partial charge in [-0.1, -0.05) is 0 Å². The van der Waals surface area contributed by atoms with Crippen LogP contribution in [0.25, 0.3) is 10.7 Å². The number of aryl methyl sites for hydroxylation is 1. The van der Waals surface area contributed by atoms with Crippen molar-refractivity contribution in [3.05, 3.63) is 17.0 Å². The van der Waals surface area contributed by atoms with Gasteiger partial charge in [0, 0.05) is 36.7 Å². The number of urea groups is 1. The van der Waals surface area contributed by atoms with Crippen LogP contribution in [-0.2, 0) is 0 Å². The Hall–Kier alpha value is -1.51. The average molecular weight is 364 g/mol. The predicted molar refractivity (Wildman–Crippen MR) is 97.7 cm³/mol. The van der Waals surface area contributed by atoms with Crippen molar-refractivity contribution >= 4 is 34.0 Å². The van der Waals surface area contributed by atoms with Crippen LogP contribution >= 0.6 is 22.9 Å². The van der Waals surface area contributed by atoms with E-state index >= 15 is 0 Å². The third kappa shape index (κ3) is 2.94. The van der Waals surface area contributed by atoms with Gasteiger partial charge in [-0.15, -0.1) is 11.3 Å². The molecule has 0 aromatic carbocycles. The third-order valence-electron chi connectivity index (χ3n) is 4.90. The molecule has 8 heteroatoms. The molecule has 0 bridgehead atoms. The quantitative estimate of drug-likeness (QED) is 0.889. The van der Waals surface area contributed by atoms with Crippen molar-refractivity contribution in [1.29, 1.82) is 0 Å². The fraction of sp³-hybridized carbons (Fsp3) is 0.562. The zero-order valence-electron chi connectivity index (χ0n) is 13.9. The number of hydrogen-bond donors (Lipinski definition) is 1. The number of piperazine rings is 1. The van der Waals surface area contributed by atoms with Crippen molar-refractivity contribution in [2.45, 2.75) is 38.8 Å². The highest BCUT2D eigenvalue weighted by Gasteiger charge is 2.36. The first kappa shape index (κ1) is 16.0. The summed E-state index contributed by atoms with van der Waals surface area (Å²) >= 11 is 2.87. The topological polar surface area (TPSA) is 61.4 Å². The van der Waals surface area contributed by atoms with Crippen molar-refractivity contribution in [3.63, 3.8) is 0 Å². The zero-order valence-corrected chi connectivity index (χ0v) is 15.5. The summed E-state index contributed by atoms with van der Waals surface area (Å²) in [7, 11) is 0. The lowest BCUT2D eigenvalue weighted by atomic mass is 10.1. The number of thiophene rings is 1. The van der Waals surface area contributed by atoms with Gasteiger partial charge in [-0.3, -0.25) is 10.2 Å². The van der Waals surface area contributed by atoms with E-state index in [2.05, 4.69) is 32.6 Å². The van der Waals surface area contributed by atoms with Gasteiger partial charge in [0.1, 0.15) is 0 Å². The number of amides is 2. The van der Waals surface area contributed by atoms with Gasteiger partial charge in [0.15, 0.2) is 5.82 Å². The second-order valence-electron chi connectivity index (χ2n) is 6.58. The SMILES string of the molecule is Cc1ccsc1-c1nsc(NC(=O)N2CC3CCCN3CC2C)n1. The molecule has 1 N–H and O–H groups in total. The first-order valence-corrected chi connectivity index (χ1v) is 9.97. The van der Waals surface area contributed by atoms with Crippen LogP contribution in [0.4, 0.5) is 9.93 Å². The highest BCUT2D eigenvalue weighted by molar-refractivity contribution is 7.14. The number of rotatable bonds is 2. The maximum atomic E-state index is 12.7. The first-order valence-electron chi connectivity index (χ1n) is 8.31. The van der Waals surface area contributed by atoms with Gasteiger partial charge in [-0.2, -0.15) is 9.36 Å². The van der Waals surface area contributed by atoms with E-state index in [-0.39, 0.29) is 12.1 Å². The Morgan fingerprint density at radius 1 is 1.42 bits per heavy atom. The van der Waals surface area contributed by atoms with E-state index in [1.807, 2.05) is 17.2 Å². The summed E-state index contributed by atoms with van der Waals surface area (Å²) in [5.74, 6) is 0.705. The number of hydrogen-bond acceptors (Lipinski definition) is 6. The van der Waals surface area contributed by atoms with Crippen LogP contribution in [0.1, 0.15) is 25.3 Å². The molecule has 2 fully saturated rings. The Bertz CT molecular complexity index is 742. The van der Waals surface area contributed by atoms with Gasteiger partial charge in [0.25, 0.3) is 0 Å². The highest BCUT2D eigenvalue weighted by atomic mass is 32.1. The molecule has 2 amide bonds. The summed E-state index contributed by atoms with van der Waals surface area (Å²) in [4.78, 5) is 22.7. The van der Waals surface area contributed by atoms with Gasteiger partial charge in [-0.05, 0) is 50.2 Å². The molecule has 2 saturated heterocycles. The van der Waals surface area contributed by atoms with E-state index in [4.69, 9.17) is 0 Å². The number of nitrogens with one attached hydrogen (secondary N) is 1. The van der Waals surface area contributed by atoms with E-state index in [1.165, 1.54) is 36.5 Å². The van der Waals surface area contributed by atoms with Crippen LogP contribution in [0.2, 0.25) is 0 Å². The van der Waals surface area contributed by atoms with Crippen LogP contribution in [0, 0.1) is 6.92 Å². The largest absolute Gasteiger partial charge is 0.324 e. The Kier molecular flexibility index (Phi) is 4.28. The molecule has 0 spiro atoms. The number of aromatic nitrogens is 2. The molecule has 0 saturated carbocycles. The Morgan fingerprint density at radius 3 is 3.08 bits per heavy atom. The van der Waals surface area contributed by atoms with Crippen LogP contribution < -0.4 is 5.32 Å². The molecular weight excluding hydrogens is 342 g/mol. The fourth-order valence-electron chi connectivity index (χ4n) is 3.60. The molecule has 24 heavy (non-hydrogen) atoms. The van der Waals surface area contributed by atoms with E-state index in [1.54, 1.807) is 11.3 Å². The molecular formula is C16H21N5OS2. The number of fused-ring (bicyclic) bond motifs is 1. The molecule has 2 aliphatic rings. The lowest BCUT2D eigenvalue weighted by Crippen LogP contribution is -2.57. The highest BCUT2D eigenvalue weighted by Crippen LogP contribution is 2.29. The molecule has 128 valence electrons. The summed E-state index contributed by atoms with van der Waals surface area (Å²) in [6, 6.07) is 2.75. The number of carbonyl (C=O) groups is 1. The lowest BCUT2D eigenvalue weighted by Gasteiger charge is -2.41. The van der Waals surface area contributed by atoms with Gasteiger partial charge in [0.05, 0.1) is 4.88 Å². The summed E-state index contributed by atoms with van der Waals surface area (Å²) in [5.41, 5.74) is 1.17. The molecule has 2 aromatic rings. The zero-order chi connectivity index (χ0) is 16.7. The van der Waals surface area contributed by atoms with Gasteiger partial charge in [-0.25, -0.2) is 4.79 Å². The standard InChI is InChI=1S/C16H21N5OS2/c1-10-5-7-23-13(10)14-17-15(24-19-14)18-16(22)21-9-12-4-3-6-20(12)8-11(21)2/h5,7,11-12H,3-4,6,8-9H2,1-2H3,(H,17,18,19,22). The van der Waals surface area contributed by atoms with Crippen LogP contribution in [0.5, 0.6) is 0 Å². The number of anilines is 1. The fourth-order valence-corrected chi connectivity index (χ4v) is 5.08. The molecule has 2 atom stereocenters. The van der Waals surface area contributed by atoms with Crippen LogP contribution in [-0.4, -0.2) is 56.9 Å². The number of nitrogens with zero attached hydrogens (tertiary/aromatic N) is 4. The third-order valence-corrected chi connectivity index (χ3v) is 6.55. The monoisotopic (exact) mass is 363 g/mol. The summed E-state index contributed by atoms with van der Waals surface area (Å²) in [6.45, 7) is 7.11. The minimum Gasteiger partial charge on any atom is -0.319 e. The maximum absolute atomic E-state index is 12.7. The molecule has 4 heterocycles. The second-order valence-corrected chi connectivity index (χ2v) is 8.25. The second kappa shape index (κ2) is 6.42. The molecule has 6 nitrogen and oxygen atoms in total. The van der Waals surface area contributed by atoms with Gasteiger partial charge in [0.2, 0.25) is 5.13 Å². The Morgan fingerprint density at radius 2 is 2.29 bits per heavy atom. The van der Waals surface area contributed by atoms with Crippen molar-refractivity contribution < 1.29 is 4.79 Å². The summed E-state index contributed by atoms with van der Waals surface area (Å²) < 4.78 is 4.39. The van der Waals surface area contributed by atoms with Gasteiger partial charge >= 0.3 is 6.03 Å². The maximum Gasteiger partial charge on any atom is 0.324 e. The van der Waals surface area contributed by atoms with E-state index in [9.17, 15) is 4.79 Å². The minimum absolute atomic E-state index is 0.0559. The summed E-state index contributed by atoms with van der Waals surface area (Å²) in [5, 5.41) is 5.55. The minimum atomic E-state index is -0.0559. The predicted octanol–water partition coefficient (Wildman–Crippen LogP) is 3.28. The molecule has 4 rings (SSSR count). The molecule has 0 radical (unpaired) electrons. The Labute approximate surface area is 149 Å². The smallest absolute Gasteiger partial charge is 0.319 e. The van der Waals surface area contributed by atoms with Gasteiger partial charge < -0.3 is 4.90 Å². The van der Waals surface area contributed by atoms with Crippen molar-refractivity contribution in [2.75, 3.05) is 25.0 Å². The van der Waals surface area contributed by atoms with Crippen LogP contribution in [0.3, 0.4) is 0 Å². The first-order chi connectivity index (χ1) is 11.6. The average Bonchev–Trinajstić information content (AvgIpc) is 3.26. The van der Waals surface area contributed by atoms with E-state index in [0.29, 0.717) is 17.0 Å².